The summed E-state index contributed by atoms with van der Waals surface area (Å²) in [5, 5.41) is -6.19. The molecule has 212 valence electrons. The Morgan fingerprint density at radius 3 is 1.81 bits per heavy atom. The molecule has 0 saturated carbocycles. The predicted molar refractivity (Wildman–Crippen MR) is 97.4 cm³/mol. The van der Waals surface area contributed by atoms with E-state index in [9.17, 15) is 66.5 Å². The second kappa shape index (κ2) is 11.1. The maximum atomic E-state index is 14.0. The topological polar surface area (TPSA) is 113 Å². The van der Waals surface area contributed by atoms with E-state index in [0.717, 1.165) is 20.8 Å². The standard InChI is InChI=1S/C17H21F10NO7S/c1-5-28(9(2)3)12(30)14(16(23,24)25,35-11(29)10(4)15(20,21)22)34-8-6-7-13(18,19)17(26,27)36(31,32)33/h9H,4-8H2,1-3H3,(H,31,32,33)/p-1. The summed E-state index contributed by atoms with van der Waals surface area (Å²) < 4.78 is 173. The van der Waals surface area contributed by atoms with Crippen LogP contribution in [0, 0.1) is 0 Å². The third-order valence-corrected chi connectivity index (χ3v) is 5.31. The molecule has 0 radical (unpaired) electrons. The van der Waals surface area contributed by atoms with Crippen molar-refractivity contribution in [3.63, 3.8) is 0 Å². The van der Waals surface area contributed by atoms with Crippen LogP contribution < -0.4 is 0 Å². The zero-order chi connectivity index (χ0) is 29.1. The lowest BCUT2D eigenvalue weighted by atomic mass is 10.1. The molecule has 19 heteroatoms. The SMILES string of the molecule is C=C(C(=O)OC(OCCCC(F)(F)C(F)(F)S(=O)(=O)[O-])(C(=O)N(CC)C(C)C)C(F)(F)F)C(F)(F)F. The maximum Gasteiger partial charge on any atom is 0.466 e. The number of rotatable bonds is 12. The van der Waals surface area contributed by atoms with Gasteiger partial charge < -0.3 is 18.9 Å². The number of ether oxygens (including phenoxy) is 2. The van der Waals surface area contributed by atoms with Crippen molar-refractivity contribution < 1.29 is 75.9 Å². The van der Waals surface area contributed by atoms with E-state index in [4.69, 9.17) is 0 Å². The van der Waals surface area contributed by atoms with E-state index in [-0.39, 0.29) is 0 Å². The second-order valence-corrected chi connectivity index (χ2v) is 8.71. The Labute approximate surface area is 197 Å². The first kappa shape index (κ1) is 33.8. The van der Waals surface area contributed by atoms with Crippen molar-refractivity contribution in [1.29, 1.82) is 0 Å². The third-order valence-electron chi connectivity index (χ3n) is 4.38. The maximum absolute atomic E-state index is 14.0. The van der Waals surface area contributed by atoms with Crippen LogP contribution >= 0.6 is 0 Å². The van der Waals surface area contributed by atoms with Gasteiger partial charge in [-0.15, -0.1) is 0 Å². The molecule has 0 saturated heterocycles. The summed E-state index contributed by atoms with van der Waals surface area (Å²) in [5.74, 6) is -15.6. The van der Waals surface area contributed by atoms with Crippen molar-refractivity contribution in [2.45, 2.75) is 69.0 Å². The minimum absolute atomic E-state index is 0.323. The Hall–Kier alpha value is -2.15. The van der Waals surface area contributed by atoms with Crippen LogP contribution in [-0.2, 0) is 29.2 Å². The number of nitrogens with zero attached hydrogens (tertiary/aromatic N) is 1. The molecule has 8 nitrogen and oxygen atoms in total. The van der Waals surface area contributed by atoms with Gasteiger partial charge in [0.2, 0.25) is 0 Å². The lowest BCUT2D eigenvalue weighted by molar-refractivity contribution is -0.352. The normalized spacial score (nSPS) is 15.4. The molecular formula is C17H20F10NO7S-. The van der Waals surface area contributed by atoms with Gasteiger partial charge in [-0.3, -0.25) is 4.79 Å². The summed E-state index contributed by atoms with van der Waals surface area (Å²) in [7, 11) is -6.93. The molecule has 0 bridgehead atoms. The van der Waals surface area contributed by atoms with E-state index in [1.807, 2.05) is 0 Å². The zero-order valence-corrected chi connectivity index (χ0v) is 19.4. The number of esters is 1. The molecule has 1 amide bonds. The first-order chi connectivity index (χ1) is 15.8. The van der Waals surface area contributed by atoms with Crippen LogP contribution in [0.2, 0.25) is 0 Å². The van der Waals surface area contributed by atoms with Crippen LogP contribution in [0.1, 0.15) is 33.6 Å². The minimum Gasteiger partial charge on any atom is -0.743 e. The summed E-state index contributed by atoms with van der Waals surface area (Å²) in [6.45, 7) is 3.25. The Morgan fingerprint density at radius 2 is 1.47 bits per heavy atom. The van der Waals surface area contributed by atoms with Crippen LogP contribution in [0.3, 0.4) is 0 Å². The summed E-state index contributed by atoms with van der Waals surface area (Å²) >= 11 is 0. The Bertz CT molecular complexity index is 931. The molecule has 0 heterocycles. The number of halogens is 10. The highest BCUT2D eigenvalue weighted by Gasteiger charge is 2.68. The van der Waals surface area contributed by atoms with Gasteiger partial charge >= 0.3 is 41.2 Å². The Kier molecular flexibility index (Phi) is 10.4. The first-order valence-corrected chi connectivity index (χ1v) is 10.9. The molecular weight excluding hydrogens is 552 g/mol. The summed E-state index contributed by atoms with van der Waals surface area (Å²) in [6.07, 6.45) is -15.7. The Balaban J connectivity index is 6.30. The molecule has 1 unspecified atom stereocenters. The Morgan fingerprint density at radius 1 is 1.00 bits per heavy atom. The van der Waals surface area contributed by atoms with Crippen molar-refractivity contribution in [3.05, 3.63) is 12.2 Å². The lowest BCUT2D eigenvalue weighted by Gasteiger charge is -2.38. The van der Waals surface area contributed by atoms with E-state index in [2.05, 4.69) is 16.1 Å². The molecule has 0 aromatic heterocycles. The van der Waals surface area contributed by atoms with Crippen molar-refractivity contribution in [3.8, 4) is 0 Å². The molecule has 36 heavy (non-hydrogen) atoms. The molecule has 0 spiro atoms. The molecule has 1 atom stereocenters. The number of likely N-dealkylation sites (N-methyl/N-ethyl adjacent to an activating group) is 1. The van der Waals surface area contributed by atoms with Gasteiger partial charge in [0.15, 0.2) is 10.1 Å². The number of amides is 1. The minimum atomic E-state index is -6.93. The van der Waals surface area contributed by atoms with E-state index in [1.54, 1.807) is 0 Å². The molecule has 0 aliphatic rings. The monoisotopic (exact) mass is 572 g/mol. The average molecular weight is 572 g/mol. The average Bonchev–Trinajstić information content (AvgIpc) is 2.66. The fourth-order valence-corrected chi connectivity index (χ4v) is 2.94. The van der Waals surface area contributed by atoms with E-state index in [1.165, 1.54) is 0 Å². The number of alkyl halides is 10. The molecule has 0 aliphatic heterocycles. The van der Waals surface area contributed by atoms with Gasteiger partial charge in [-0.05, 0) is 27.2 Å². The number of hydrogen-bond donors (Lipinski definition) is 0. The highest BCUT2D eigenvalue weighted by molar-refractivity contribution is 7.86. The number of hydrogen-bond acceptors (Lipinski definition) is 7. The second-order valence-electron chi connectivity index (χ2n) is 7.29. The van der Waals surface area contributed by atoms with Crippen molar-refractivity contribution in [2.24, 2.45) is 0 Å². The van der Waals surface area contributed by atoms with Gasteiger partial charge in [0.25, 0.3) is 0 Å². The van der Waals surface area contributed by atoms with E-state index in [0.29, 0.717) is 4.90 Å². The van der Waals surface area contributed by atoms with E-state index >= 15 is 0 Å². The highest BCUT2D eigenvalue weighted by Crippen LogP contribution is 2.42. The van der Waals surface area contributed by atoms with Crippen molar-refractivity contribution >= 4 is 22.0 Å². The van der Waals surface area contributed by atoms with Crippen LogP contribution in [0.4, 0.5) is 43.9 Å². The van der Waals surface area contributed by atoms with Crippen LogP contribution in [0.5, 0.6) is 0 Å². The molecule has 0 aromatic rings. The molecule has 0 aromatic carbocycles. The summed E-state index contributed by atoms with van der Waals surface area (Å²) in [4.78, 5) is 24.8. The highest BCUT2D eigenvalue weighted by atomic mass is 32.2. The number of carbonyl (C=O) groups excluding carboxylic acids is 2. The largest absolute Gasteiger partial charge is 0.743 e. The van der Waals surface area contributed by atoms with E-state index < -0.39 is 88.9 Å². The lowest BCUT2D eigenvalue weighted by Crippen LogP contribution is -2.63. The van der Waals surface area contributed by atoms with Gasteiger partial charge in [-0.1, -0.05) is 6.58 Å². The molecule has 0 fully saturated rings. The fraction of sp³-hybridized carbons (Fsp3) is 0.765. The van der Waals surface area contributed by atoms with Crippen LogP contribution in [0.15, 0.2) is 12.2 Å². The fourth-order valence-electron chi connectivity index (χ4n) is 2.47. The zero-order valence-electron chi connectivity index (χ0n) is 18.6. The summed E-state index contributed by atoms with van der Waals surface area (Å²) in [6, 6.07) is -1.11. The molecule has 0 aliphatic carbocycles. The quantitative estimate of drug-likeness (QED) is 0.0875. The van der Waals surface area contributed by atoms with Crippen LogP contribution in [-0.4, -0.2) is 78.3 Å². The van der Waals surface area contributed by atoms with Crippen molar-refractivity contribution in [2.75, 3.05) is 13.2 Å². The van der Waals surface area contributed by atoms with Gasteiger partial charge in [0, 0.05) is 19.0 Å². The van der Waals surface area contributed by atoms with Crippen molar-refractivity contribution in [1.82, 2.24) is 4.90 Å². The van der Waals surface area contributed by atoms with Gasteiger partial charge in [-0.25, -0.2) is 13.2 Å². The van der Waals surface area contributed by atoms with Gasteiger partial charge in [-0.2, -0.15) is 43.9 Å². The molecule has 0 N–H and O–H groups in total. The van der Waals surface area contributed by atoms with Crippen LogP contribution in [0.25, 0.3) is 0 Å². The summed E-state index contributed by atoms with van der Waals surface area (Å²) in [5.41, 5.74) is -2.51. The first-order valence-electron chi connectivity index (χ1n) is 9.52. The predicted octanol–water partition coefficient (Wildman–Crippen LogP) is 3.73. The van der Waals surface area contributed by atoms with Gasteiger partial charge in [0.05, 0.1) is 6.61 Å². The smallest absolute Gasteiger partial charge is 0.466 e. The number of carbonyl (C=O) groups is 2. The molecule has 0 rings (SSSR count). The third kappa shape index (κ3) is 7.21. The van der Waals surface area contributed by atoms with Gasteiger partial charge in [0.1, 0.15) is 5.57 Å².